The topological polar surface area (TPSA) is 46.5 Å². The maximum absolute atomic E-state index is 10.8. The number of halogens is 1. The molecule has 0 fully saturated rings. The summed E-state index contributed by atoms with van der Waals surface area (Å²) in [5.41, 5.74) is 2.04. The minimum Gasteiger partial charge on any atom is -0.479 e. The van der Waals surface area contributed by atoms with E-state index in [1.807, 2.05) is 19.1 Å². The molecule has 94 valence electrons. The fraction of sp³-hybridized carbons (Fsp3) is 0.462. The molecule has 1 aromatic carbocycles. The van der Waals surface area contributed by atoms with E-state index in [0.717, 1.165) is 15.6 Å². The molecule has 1 rings (SSSR count). The van der Waals surface area contributed by atoms with Crippen molar-refractivity contribution < 1.29 is 14.6 Å². The molecule has 0 aromatic heterocycles. The summed E-state index contributed by atoms with van der Waals surface area (Å²) < 4.78 is 6.49. The van der Waals surface area contributed by atoms with Crippen molar-refractivity contribution in [1.82, 2.24) is 0 Å². The summed E-state index contributed by atoms with van der Waals surface area (Å²) in [5.74, 6) is -0.0289. The van der Waals surface area contributed by atoms with E-state index in [0.29, 0.717) is 5.75 Å². The van der Waals surface area contributed by atoms with Crippen LogP contribution in [0.1, 0.15) is 37.8 Å². The van der Waals surface area contributed by atoms with Crippen LogP contribution in [0.5, 0.6) is 5.75 Å². The Balaban J connectivity index is 3.12. The third kappa shape index (κ3) is 3.46. The third-order valence-electron chi connectivity index (χ3n) is 2.56. The molecular weight excluding hydrogens is 284 g/mol. The van der Waals surface area contributed by atoms with Gasteiger partial charge in [0.05, 0.1) is 0 Å². The number of ether oxygens (including phenoxy) is 1. The summed E-state index contributed by atoms with van der Waals surface area (Å²) >= 11 is 3.47. The van der Waals surface area contributed by atoms with Gasteiger partial charge in [-0.1, -0.05) is 29.8 Å². The molecule has 0 aliphatic heterocycles. The van der Waals surface area contributed by atoms with Gasteiger partial charge in [0.25, 0.3) is 0 Å². The molecule has 0 saturated heterocycles. The van der Waals surface area contributed by atoms with E-state index in [9.17, 15) is 4.79 Å². The fourth-order valence-electron chi connectivity index (χ4n) is 1.46. The van der Waals surface area contributed by atoms with Crippen molar-refractivity contribution in [2.45, 2.75) is 39.7 Å². The van der Waals surface area contributed by atoms with Crippen LogP contribution in [0, 0.1) is 6.92 Å². The number of aliphatic carboxylic acids is 1. The molecule has 0 heterocycles. The predicted molar refractivity (Wildman–Crippen MR) is 70.7 cm³/mol. The average molecular weight is 301 g/mol. The molecule has 0 radical (unpaired) electrons. The fourth-order valence-corrected chi connectivity index (χ4v) is 1.83. The Hall–Kier alpha value is -1.03. The normalized spacial score (nSPS) is 12.6. The number of rotatable bonds is 4. The average Bonchev–Trinajstić information content (AvgIpc) is 2.22. The molecule has 1 N–H and O–H groups in total. The van der Waals surface area contributed by atoms with E-state index < -0.39 is 12.1 Å². The highest BCUT2D eigenvalue weighted by Gasteiger charge is 2.17. The van der Waals surface area contributed by atoms with Gasteiger partial charge in [0.15, 0.2) is 6.10 Å². The number of carboxylic acid groups (broad SMARTS) is 1. The second-order valence-electron chi connectivity index (χ2n) is 4.39. The molecule has 0 amide bonds. The standard InChI is InChI=1S/C13H17BrO3/c1-7(2)10-6-11(14)8(3)5-12(10)17-9(4)13(15)16/h5-7,9H,1-4H3,(H,15,16). The van der Waals surface area contributed by atoms with Crippen molar-refractivity contribution in [3.05, 3.63) is 27.7 Å². The molecule has 0 saturated carbocycles. The minimum atomic E-state index is -0.958. The second-order valence-corrected chi connectivity index (χ2v) is 5.25. The summed E-state index contributed by atoms with van der Waals surface area (Å²) in [6.07, 6.45) is -0.840. The van der Waals surface area contributed by atoms with Crippen molar-refractivity contribution in [2.24, 2.45) is 0 Å². The van der Waals surface area contributed by atoms with E-state index in [4.69, 9.17) is 9.84 Å². The highest BCUT2D eigenvalue weighted by Crippen LogP contribution is 2.32. The molecule has 0 aliphatic rings. The van der Waals surface area contributed by atoms with Crippen LogP contribution >= 0.6 is 15.9 Å². The molecule has 0 aliphatic carbocycles. The van der Waals surface area contributed by atoms with Crippen molar-refractivity contribution in [2.75, 3.05) is 0 Å². The Morgan fingerprint density at radius 1 is 1.35 bits per heavy atom. The van der Waals surface area contributed by atoms with Crippen LogP contribution in [0.3, 0.4) is 0 Å². The van der Waals surface area contributed by atoms with E-state index in [1.165, 1.54) is 6.92 Å². The maximum Gasteiger partial charge on any atom is 0.344 e. The van der Waals surface area contributed by atoms with Crippen LogP contribution < -0.4 is 4.74 Å². The first-order valence-electron chi connectivity index (χ1n) is 5.52. The molecule has 17 heavy (non-hydrogen) atoms. The summed E-state index contributed by atoms with van der Waals surface area (Å²) in [7, 11) is 0. The first-order valence-corrected chi connectivity index (χ1v) is 6.31. The number of carbonyl (C=O) groups is 1. The highest BCUT2D eigenvalue weighted by atomic mass is 79.9. The van der Waals surface area contributed by atoms with Crippen molar-refractivity contribution in [3.8, 4) is 5.75 Å². The van der Waals surface area contributed by atoms with Crippen LogP contribution in [0.2, 0.25) is 0 Å². The van der Waals surface area contributed by atoms with Crippen LogP contribution in [0.25, 0.3) is 0 Å². The number of hydrogen-bond donors (Lipinski definition) is 1. The van der Waals surface area contributed by atoms with E-state index in [-0.39, 0.29) is 5.92 Å². The number of benzene rings is 1. The van der Waals surface area contributed by atoms with Gasteiger partial charge in [-0.15, -0.1) is 0 Å². The van der Waals surface area contributed by atoms with Gasteiger partial charge in [-0.25, -0.2) is 4.79 Å². The van der Waals surface area contributed by atoms with Gasteiger partial charge in [0.1, 0.15) is 5.75 Å². The zero-order chi connectivity index (χ0) is 13.2. The Labute approximate surface area is 110 Å². The van der Waals surface area contributed by atoms with Crippen molar-refractivity contribution in [1.29, 1.82) is 0 Å². The van der Waals surface area contributed by atoms with Gasteiger partial charge in [-0.2, -0.15) is 0 Å². The Morgan fingerprint density at radius 3 is 2.41 bits per heavy atom. The molecule has 0 bridgehead atoms. The highest BCUT2D eigenvalue weighted by molar-refractivity contribution is 9.10. The SMILES string of the molecule is Cc1cc(OC(C)C(=O)O)c(C(C)C)cc1Br. The van der Waals surface area contributed by atoms with Crippen LogP contribution in [0.4, 0.5) is 0 Å². The monoisotopic (exact) mass is 300 g/mol. The largest absolute Gasteiger partial charge is 0.479 e. The second kappa shape index (κ2) is 5.54. The molecular formula is C13H17BrO3. The Bertz CT molecular complexity index is 427. The zero-order valence-corrected chi connectivity index (χ0v) is 12.0. The first kappa shape index (κ1) is 14.0. The summed E-state index contributed by atoms with van der Waals surface area (Å²) in [5, 5.41) is 8.86. The molecule has 1 unspecified atom stereocenters. The predicted octanol–water partition coefficient (Wildman–Crippen LogP) is 3.73. The number of carboxylic acids is 1. The zero-order valence-electron chi connectivity index (χ0n) is 10.5. The van der Waals surface area contributed by atoms with Gasteiger partial charge < -0.3 is 9.84 Å². The number of hydrogen-bond acceptors (Lipinski definition) is 2. The summed E-state index contributed by atoms with van der Waals surface area (Å²) in [4.78, 5) is 10.8. The van der Waals surface area contributed by atoms with Gasteiger partial charge in [0.2, 0.25) is 0 Å². The number of aryl methyl sites for hydroxylation is 1. The van der Waals surface area contributed by atoms with Crippen LogP contribution in [0.15, 0.2) is 16.6 Å². The van der Waals surface area contributed by atoms with Gasteiger partial charge >= 0.3 is 5.97 Å². The molecule has 1 aromatic rings. The van der Waals surface area contributed by atoms with E-state index >= 15 is 0 Å². The lowest BCUT2D eigenvalue weighted by Crippen LogP contribution is -2.23. The third-order valence-corrected chi connectivity index (χ3v) is 3.42. The van der Waals surface area contributed by atoms with E-state index in [2.05, 4.69) is 29.8 Å². The molecule has 0 spiro atoms. The van der Waals surface area contributed by atoms with E-state index in [1.54, 1.807) is 0 Å². The van der Waals surface area contributed by atoms with Gasteiger partial charge in [-0.05, 0) is 43.0 Å². The van der Waals surface area contributed by atoms with Crippen LogP contribution in [-0.4, -0.2) is 17.2 Å². The summed E-state index contributed by atoms with van der Waals surface area (Å²) in [6.45, 7) is 7.58. The molecule has 3 nitrogen and oxygen atoms in total. The lowest BCUT2D eigenvalue weighted by atomic mass is 10.0. The molecule has 4 heteroatoms. The van der Waals surface area contributed by atoms with Crippen molar-refractivity contribution in [3.63, 3.8) is 0 Å². The molecule has 1 atom stereocenters. The van der Waals surface area contributed by atoms with Crippen molar-refractivity contribution >= 4 is 21.9 Å². The van der Waals surface area contributed by atoms with Crippen LogP contribution in [-0.2, 0) is 4.79 Å². The quantitative estimate of drug-likeness (QED) is 0.921. The Morgan fingerprint density at radius 2 is 1.94 bits per heavy atom. The Kier molecular flexibility index (Phi) is 4.57. The van der Waals surface area contributed by atoms with Gasteiger partial charge in [0, 0.05) is 4.47 Å². The summed E-state index contributed by atoms with van der Waals surface area (Å²) in [6, 6.07) is 3.86. The lowest BCUT2D eigenvalue weighted by molar-refractivity contribution is -0.144. The lowest BCUT2D eigenvalue weighted by Gasteiger charge is -2.18. The minimum absolute atomic E-state index is 0.280. The maximum atomic E-state index is 10.8. The smallest absolute Gasteiger partial charge is 0.344 e. The first-order chi connectivity index (χ1) is 7.82. The van der Waals surface area contributed by atoms with Gasteiger partial charge in [-0.3, -0.25) is 0 Å².